The van der Waals surface area contributed by atoms with Gasteiger partial charge in [0.15, 0.2) is 11.5 Å². The molecule has 0 radical (unpaired) electrons. The first kappa shape index (κ1) is 26.1. The second kappa shape index (κ2) is 11.7. The minimum atomic E-state index is -0.880. The summed E-state index contributed by atoms with van der Waals surface area (Å²) in [4.78, 5) is 39.7. The number of carbonyl (C=O) groups is 3. The number of amides is 4. The van der Waals surface area contributed by atoms with Gasteiger partial charge in [-0.05, 0) is 79.5 Å². The highest BCUT2D eigenvalue weighted by Crippen LogP contribution is 2.38. The molecule has 1 fully saturated rings. The fraction of sp³-hybridized carbons (Fsp3) is 0.320. The van der Waals surface area contributed by atoms with Crippen LogP contribution in [0.15, 0.2) is 40.4 Å². The molecule has 0 saturated carbocycles. The van der Waals surface area contributed by atoms with Crippen LogP contribution < -0.4 is 29.2 Å². The van der Waals surface area contributed by atoms with Gasteiger partial charge in [0.25, 0.3) is 11.8 Å². The Kier molecular flexibility index (Phi) is 8.75. The Morgan fingerprint density at radius 1 is 0.857 bits per heavy atom. The number of urea groups is 1. The number of carbonyl (C=O) groups excluding carboxylic acids is 3. The molecule has 10 heteroatoms. The number of anilines is 1. The van der Waals surface area contributed by atoms with Crippen molar-refractivity contribution in [3.05, 3.63) is 45.9 Å². The minimum Gasteiger partial charge on any atom is -0.494 e. The molecule has 1 heterocycles. The van der Waals surface area contributed by atoms with Crippen LogP contribution in [-0.2, 0) is 9.59 Å². The fourth-order valence-corrected chi connectivity index (χ4v) is 4.04. The quantitative estimate of drug-likeness (QED) is 0.340. The maximum atomic E-state index is 13.5. The summed E-state index contributed by atoms with van der Waals surface area (Å²) < 4.78 is 23.1. The molecule has 1 aliphatic rings. The van der Waals surface area contributed by atoms with Gasteiger partial charge in [-0.25, -0.2) is 9.69 Å². The highest BCUT2D eigenvalue weighted by molar-refractivity contribution is 9.10. The lowest BCUT2D eigenvalue weighted by Crippen LogP contribution is -2.54. The monoisotopic (exact) mass is 546 g/mol. The predicted octanol–water partition coefficient (Wildman–Crippen LogP) is 4.71. The SMILES string of the molecule is CCOc1ccc(OCC)c(N2C(=O)NC(=O)/C(=C\c3cc(Br)c(OCC)c(OCC)c3)C2=O)c1. The molecule has 0 unspecified atom stereocenters. The number of rotatable bonds is 10. The lowest BCUT2D eigenvalue weighted by molar-refractivity contribution is -0.122. The van der Waals surface area contributed by atoms with E-state index in [-0.39, 0.29) is 11.3 Å². The van der Waals surface area contributed by atoms with Gasteiger partial charge >= 0.3 is 6.03 Å². The van der Waals surface area contributed by atoms with E-state index in [9.17, 15) is 14.4 Å². The summed E-state index contributed by atoms with van der Waals surface area (Å²) in [6.45, 7) is 8.82. The van der Waals surface area contributed by atoms with Gasteiger partial charge < -0.3 is 18.9 Å². The van der Waals surface area contributed by atoms with E-state index in [1.54, 1.807) is 31.2 Å². The molecule has 1 aliphatic heterocycles. The number of halogens is 1. The third-order valence-corrected chi connectivity index (χ3v) is 5.40. The van der Waals surface area contributed by atoms with Gasteiger partial charge in [0.05, 0.1) is 36.6 Å². The lowest BCUT2D eigenvalue weighted by atomic mass is 10.1. The number of ether oxygens (including phenoxy) is 4. The van der Waals surface area contributed by atoms with Crippen LogP contribution in [0.3, 0.4) is 0 Å². The number of imide groups is 2. The second-order valence-corrected chi connectivity index (χ2v) is 8.00. The molecular weight excluding hydrogens is 520 g/mol. The van der Waals surface area contributed by atoms with Crippen molar-refractivity contribution in [3.8, 4) is 23.0 Å². The summed E-state index contributed by atoms with van der Waals surface area (Å²) in [7, 11) is 0. The van der Waals surface area contributed by atoms with Crippen LogP contribution in [0, 0.1) is 0 Å². The summed E-state index contributed by atoms with van der Waals surface area (Å²) in [5.74, 6) is 0.118. The van der Waals surface area contributed by atoms with E-state index in [1.165, 1.54) is 12.1 Å². The van der Waals surface area contributed by atoms with Crippen molar-refractivity contribution in [1.82, 2.24) is 5.32 Å². The van der Waals surface area contributed by atoms with E-state index >= 15 is 0 Å². The minimum absolute atomic E-state index is 0.168. The molecule has 9 nitrogen and oxygen atoms in total. The van der Waals surface area contributed by atoms with Crippen LogP contribution in [-0.4, -0.2) is 44.3 Å². The molecule has 2 aromatic carbocycles. The standard InChI is InChI=1S/C25H27BrN2O7/c1-5-32-16-9-10-20(33-6-2)19(14-16)28-24(30)17(23(29)27-25(28)31)11-15-12-18(26)22(35-8-4)21(13-15)34-7-3/h9-14H,5-8H2,1-4H3,(H,27,29,31)/b17-11+. The van der Waals surface area contributed by atoms with E-state index in [0.717, 1.165) is 4.90 Å². The zero-order valence-corrected chi connectivity index (χ0v) is 21.6. The van der Waals surface area contributed by atoms with Crippen molar-refractivity contribution in [2.75, 3.05) is 31.3 Å². The summed E-state index contributed by atoms with van der Waals surface area (Å²) in [6, 6.07) is 7.30. The molecule has 2 aromatic rings. The molecule has 0 aliphatic carbocycles. The molecule has 0 bridgehead atoms. The first-order valence-electron chi connectivity index (χ1n) is 11.2. The van der Waals surface area contributed by atoms with Gasteiger partial charge in [0.1, 0.15) is 17.1 Å². The number of nitrogens with one attached hydrogen (secondary N) is 1. The Labute approximate surface area is 212 Å². The largest absolute Gasteiger partial charge is 0.494 e. The van der Waals surface area contributed by atoms with Gasteiger partial charge in [0.2, 0.25) is 0 Å². The molecule has 1 N–H and O–H groups in total. The molecule has 186 valence electrons. The maximum Gasteiger partial charge on any atom is 0.336 e. The van der Waals surface area contributed by atoms with Crippen molar-refractivity contribution in [2.45, 2.75) is 27.7 Å². The van der Waals surface area contributed by atoms with Crippen molar-refractivity contribution >= 4 is 45.5 Å². The number of nitrogens with zero attached hydrogens (tertiary/aromatic N) is 1. The number of benzene rings is 2. The molecule has 1 saturated heterocycles. The van der Waals surface area contributed by atoms with Crippen molar-refractivity contribution in [1.29, 1.82) is 0 Å². The van der Waals surface area contributed by atoms with E-state index in [2.05, 4.69) is 21.2 Å². The number of hydrogen-bond donors (Lipinski definition) is 1. The Balaban J connectivity index is 2.08. The van der Waals surface area contributed by atoms with Crippen LogP contribution in [0.1, 0.15) is 33.3 Å². The Hall–Kier alpha value is -3.53. The third-order valence-electron chi connectivity index (χ3n) is 4.82. The molecule has 4 amide bonds. The van der Waals surface area contributed by atoms with E-state index < -0.39 is 17.8 Å². The van der Waals surface area contributed by atoms with E-state index in [0.29, 0.717) is 59.5 Å². The van der Waals surface area contributed by atoms with Crippen LogP contribution in [0.5, 0.6) is 23.0 Å². The van der Waals surface area contributed by atoms with Crippen LogP contribution >= 0.6 is 15.9 Å². The zero-order chi connectivity index (χ0) is 25.5. The van der Waals surface area contributed by atoms with Gasteiger partial charge in [0, 0.05) is 6.07 Å². The van der Waals surface area contributed by atoms with Crippen molar-refractivity contribution < 1.29 is 33.3 Å². The van der Waals surface area contributed by atoms with Crippen LogP contribution in [0.4, 0.5) is 10.5 Å². The first-order valence-corrected chi connectivity index (χ1v) is 12.0. The topological polar surface area (TPSA) is 103 Å². The smallest absolute Gasteiger partial charge is 0.336 e. The van der Waals surface area contributed by atoms with Gasteiger partial charge in [-0.1, -0.05) is 0 Å². The second-order valence-electron chi connectivity index (χ2n) is 7.15. The first-order chi connectivity index (χ1) is 16.8. The summed E-state index contributed by atoms with van der Waals surface area (Å²) in [5.41, 5.74) is 0.443. The molecular formula is C25H27BrN2O7. The normalized spacial score (nSPS) is 14.7. The van der Waals surface area contributed by atoms with E-state index in [1.807, 2.05) is 20.8 Å². The molecule has 0 atom stereocenters. The van der Waals surface area contributed by atoms with Crippen LogP contribution in [0.2, 0.25) is 0 Å². The molecule has 0 aromatic heterocycles. The average Bonchev–Trinajstić information content (AvgIpc) is 2.81. The van der Waals surface area contributed by atoms with Gasteiger partial charge in [-0.15, -0.1) is 0 Å². The average molecular weight is 547 g/mol. The van der Waals surface area contributed by atoms with Gasteiger partial charge in [-0.2, -0.15) is 0 Å². The Morgan fingerprint density at radius 3 is 2.17 bits per heavy atom. The predicted molar refractivity (Wildman–Crippen MR) is 134 cm³/mol. The maximum absolute atomic E-state index is 13.5. The Morgan fingerprint density at radius 2 is 1.51 bits per heavy atom. The Bertz CT molecular complexity index is 1160. The number of barbiturate groups is 1. The van der Waals surface area contributed by atoms with Crippen LogP contribution in [0.25, 0.3) is 6.08 Å². The van der Waals surface area contributed by atoms with Crippen molar-refractivity contribution in [3.63, 3.8) is 0 Å². The molecule has 35 heavy (non-hydrogen) atoms. The lowest BCUT2D eigenvalue weighted by Gasteiger charge is -2.28. The van der Waals surface area contributed by atoms with Gasteiger partial charge in [-0.3, -0.25) is 14.9 Å². The molecule has 3 rings (SSSR count). The zero-order valence-electron chi connectivity index (χ0n) is 20.0. The summed E-state index contributed by atoms with van der Waals surface area (Å²) in [6.07, 6.45) is 1.40. The summed E-state index contributed by atoms with van der Waals surface area (Å²) in [5, 5.41) is 2.23. The molecule has 0 spiro atoms. The highest BCUT2D eigenvalue weighted by atomic mass is 79.9. The number of hydrogen-bond acceptors (Lipinski definition) is 7. The van der Waals surface area contributed by atoms with Crippen molar-refractivity contribution in [2.24, 2.45) is 0 Å². The van der Waals surface area contributed by atoms with E-state index in [4.69, 9.17) is 18.9 Å². The summed E-state index contributed by atoms with van der Waals surface area (Å²) >= 11 is 3.46. The fourth-order valence-electron chi connectivity index (χ4n) is 3.47. The highest BCUT2D eigenvalue weighted by Gasteiger charge is 2.38. The third kappa shape index (κ3) is 5.76.